The van der Waals surface area contributed by atoms with Crippen LogP contribution in [0.15, 0.2) is 29.2 Å². The van der Waals surface area contributed by atoms with Gasteiger partial charge in [-0.2, -0.15) is 17.5 Å². The summed E-state index contributed by atoms with van der Waals surface area (Å²) in [7, 11) is -2.43. The molecule has 26 heavy (non-hydrogen) atoms. The molecule has 0 radical (unpaired) electrons. The number of sulfonamides is 1. The van der Waals surface area contributed by atoms with Crippen molar-refractivity contribution < 1.29 is 26.4 Å². The fourth-order valence-corrected chi connectivity index (χ4v) is 3.71. The van der Waals surface area contributed by atoms with Gasteiger partial charge in [0, 0.05) is 25.2 Å². The fraction of sp³-hybridized carbons (Fsp3) is 0.588. The molecular formula is C17H25F3N2O3S. The highest BCUT2D eigenvalue weighted by atomic mass is 32.2. The number of benzene rings is 1. The van der Waals surface area contributed by atoms with E-state index < -0.39 is 28.7 Å². The van der Waals surface area contributed by atoms with E-state index in [0.29, 0.717) is 4.90 Å². The van der Waals surface area contributed by atoms with Crippen molar-refractivity contribution in [1.29, 1.82) is 0 Å². The molecule has 0 aliphatic rings. The molecule has 0 bridgehead atoms. The molecule has 0 aliphatic carbocycles. The van der Waals surface area contributed by atoms with Gasteiger partial charge < -0.3 is 4.90 Å². The number of halogens is 3. The molecule has 0 N–H and O–H groups in total. The number of carbonyl (C=O) groups excluding carboxylic acids is 1. The Hall–Kier alpha value is -1.61. The largest absolute Gasteiger partial charge is 0.406 e. The van der Waals surface area contributed by atoms with Crippen molar-refractivity contribution in [3.8, 4) is 0 Å². The van der Waals surface area contributed by atoms with Gasteiger partial charge in [-0.05, 0) is 38.0 Å². The average molecular weight is 394 g/mol. The Bertz CT molecular complexity index is 731. The third-order valence-electron chi connectivity index (χ3n) is 3.73. The van der Waals surface area contributed by atoms with E-state index in [0.717, 1.165) is 10.4 Å². The molecule has 0 heterocycles. The monoisotopic (exact) mass is 394 g/mol. The summed E-state index contributed by atoms with van der Waals surface area (Å²) in [5.74, 6) is -1.01. The highest BCUT2D eigenvalue weighted by Crippen LogP contribution is 2.22. The zero-order valence-electron chi connectivity index (χ0n) is 15.5. The summed E-state index contributed by atoms with van der Waals surface area (Å²) < 4.78 is 64.6. The molecule has 0 saturated carbocycles. The smallest absolute Gasteiger partial charge is 0.329 e. The summed E-state index contributed by atoms with van der Waals surface area (Å²) in [5, 5.41) is 0. The van der Waals surface area contributed by atoms with Crippen LogP contribution in [-0.2, 0) is 10.0 Å². The zero-order valence-corrected chi connectivity index (χ0v) is 16.4. The Morgan fingerprint density at radius 2 is 1.73 bits per heavy atom. The number of alkyl halides is 3. The summed E-state index contributed by atoms with van der Waals surface area (Å²) in [6.07, 6.45) is -4.54. The van der Waals surface area contributed by atoms with Crippen molar-refractivity contribution in [3.05, 3.63) is 29.8 Å². The fourth-order valence-electron chi connectivity index (χ4n) is 2.29. The number of hydrogen-bond acceptors (Lipinski definition) is 3. The quantitative estimate of drug-likeness (QED) is 0.712. The molecule has 0 unspecified atom stereocenters. The van der Waals surface area contributed by atoms with Gasteiger partial charge in [-0.3, -0.25) is 4.79 Å². The van der Waals surface area contributed by atoms with E-state index in [9.17, 15) is 26.4 Å². The van der Waals surface area contributed by atoms with E-state index in [1.807, 2.05) is 0 Å². The van der Waals surface area contributed by atoms with Crippen molar-refractivity contribution in [2.45, 2.75) is 44.8 Å². The Labute approximate surface area is 152 Å². The minimum Gasteiger partial charge on any atom is -0.329 e. The minimum atomic E-state index is -4.54. The number of hydrogen-bond donors (Lipinski definition) is 0. The topological polar surface area (TPSA) is 57.7 Å². The third-order valence-corrected chi connectivity index (χ3v) is 5.76. The Morgan fingerprint density at radius 1 is 1.15 bits per heavy atom. The van der Waals surface area contributed by atoms with E-state index in [1.54, 1.807) is 27.7 Å². The van der Waals surface area contributed by atoms with Gasteiger partial charge in [0.2, 0.25) is 10.0 Å². The SMILES string of the molecule is CC(C)CN(CC(F)(F)F)C(=O)c1cccc(S(=O)(=O)N(C)C(C)C)c1. The van der Waals surface area contributed by atoms with Crippen LogP contribution in [0.25, 0.3) is 0 Å². The van der Waals surface area contributed by atoms with Gasteiger partial charge in [0.1, 0.15) is 6.54 Å². The van der Waals surface area contributed by atoms with Gasteiger partial charge >= 0.3 is 6.18 Å². The molecule has 0 saturated heterocycles. The second-order valence-electron chi connectivity index (χ2n) is 6.84. The average Bonchev–Trinajstić information content (AvgIpc) is 2.51. The molecule has 1 aromatic carbocycles. The van der Waals surface area contributed by atoms with Gasteiger partial charge in [0.05, 0.1) is 4.90 Å². The van der Waals surface area contributed by atoms with Crippen molar-refractivity contribution in [1.82, 2.24) is 9.21 Å². The molecule has 0 aliphatic heterocycles. The van der Waals surface area contributed by atoms with Gasteiger partial charge in [-0.1, -0.05) is 19.9 Å². The maximum absolute atomic E-state index is 12.8. The highest BCUT2D eigenvalue weighted by molar-refractivity contribution is 7.89. The summed E-state index contributed by atoms with van der Waals surface area (Å²) in [6, 6.07) is 4.82. The molecule has 148 valence electrons. The standard InChI is InChI=1S/C17H25F3N2O3S/c1-12(2)10-22(11-17(18,19)20)16(23)14-7-6-8-15(9-14)26(24,25)21(5)13(3)4/h6-9,12-13H,10-11H2,1-5H3. The predicted octanol–water partition coefficient (Wildman–Crippen LogP) is 3.38. The maximum atomic E-state index is 12.8. The second-order valence-corrected chi connectivity index (χ2v) is 8.84. The summed E-state index contributed by atoms with van der Waals surface area (Å²) >= 11 is 0. The Morgan fingerprint density at radius 3 is 2.19 bits per heavy atom. The number of amides is 1. The summed E-state index contributed by atoms with van der Waals surface area (Å²) in [6.45, 7) is 5.33. The first-order valence-electron chi connectivity index (χ1n) is 8.20. The molecule has 5 nitrogen and oxygen atoms in total. The van der Waals surface area contributed by atoms with Crippen LogP contribution in [0.1, 0.15) is 38.1 Å². The first-order valence-corrected chi connectivity index (χ1v) is 9.64. The summed E-state index contributed by atoms with van der Waals surface area (Å²) in [5.41, 5.74) is -0.0897. The molecule has 1 aromatic rings. The highest BCUT2D eigenvalue weighted by Gasteiger charge is 2.34. The van der Waals surface area contributed by atoms with Crippen LogP contribution in [0, 0.1) is 5.92 Å². The number of carbonyl (C=O) groups is 1. The first-order chi connectivity index (χ1) is 11.8. The van der Waals surface area contributed by atoms with Crippen LogP contribution in [0.2, 0.25) is 0 Å². The van der Waals surface area contributed by atoms with Crippen LogP contribution < -0.4 is 0 Å². The van der Waals surface area contributed by atoms with Crippen LogP contribution in [-0.4, -0.2) is 55.9 Å². The third kappa shape index (κ3) is 5.98. The molecule has 0 atom stereocenters. The van der Waals surface area contributed by atoms with E-state index in [4.69, 9.17) is 0 Å². The van der Waals surface area contributed by atoms with E-state index >= 15 is 0 Å². The molecular weight excluding hydrogens is 369 g/mol. The van der Waals surface area contributed by atoms with Crippen LogP contribution in [0.3, 0.4) is 0 Å². The molecule has 0 spiro atoms. The molecule has 0 aromatic heterocycles. The molecule has 9 heteroatoms. The lowest BCUT2D eigenvalue weighted by atomic mass is 10.1. The Balaban J connectivity index is 3.24. The van der Waals surface area contributed by atoms with Gasteiger partial charge in [0.25, 0.3) is 5.91 Å². The maximum Gasteiger partial charge on any atom is 0.406 e. The lowest BCUT2D eigenvalue weighted by Crippen LogP contribution is -2.41. The van der Waals surface area contributed by atoms with Crippen LogP contribution in [0.4, 0.5) is 13.2 Å². The second kappa shape index (κ2) is 8.39. The van der Waals surface area contributed by atoms with Crippen LogP contribution in [0.5, 0.6) is 0 Å². The predicted molar refractivity (Wildman–Crippen MR) is 93.3 cm³/mol. The number of rotatable bonds is 7. The normalized spacial score (nSPS) is 12.9. The molecule has 0 fully saturated rings. The number of nitrogens with zero attached hydrogens (tertiary/aromatic N) is 2. The summed E-state index contributed by atoms with van der Waals surface area (Å²) in [4.78, 5) is 13.1. The molecule has 1 amide bonds. The Kier molecular flexibility index (Phi) is 7.24. The van der Waals surface area contributed by atoms with Gasteiger partial charge in [0.15, 0.2) is 0 Å². The van der Waals surface area contributed by atoms with Crippen molar-refractivity contribution in [3.63, 3.8) is 0 Å². The lowest BCUT2D eigenvalue weighted by molar-refractivity contribution is -0.141. The van der Waals surface area contributed by atoms with E-state index in [-0.39, 0.29) is 29.0 Å². The minimum absolute atomic E-state index is 0.0821. The van der Waals surface area contributed by atoms with Crippen molar-refractivity contribution in [2.24, 2.45) is 5.92 Å². The van der Waals surface area contributed by atoms with E-state index in [2.05, 4.69) is 0 Å². The van der Waals surface area contributed by atoms with Crippen molar-refractivity contribution >= 4 is 15.9 Å². The van der Waals surface area contributed by atoms with Crippen molar-refractivity contribution in [2.75, 3.05) is 20.1 Å². The first kappa shape index (κ1) is 22.4. The molecule has 1 rings (SSSR count). The lowest BCUT2D eigenvalue weighted by Gasteiger charge is -2.26. The van der Waals surface area contributed by atoms with Gasteiger partial charge in [-0.15, -0.1) is 0 Å². The zero-order chi connectivity index (χ0) is 20.3. The van der Waals surface area contributed by atoms with Gasteiger partial charge in [-0.25, -0.2) is 8.42 Å². The van der Waals surface area contributed by atoms with Crippen LogP contribution >= 0.6 is 0 Å². The van der Waals surface area contributed by atoms with E-state index in [1.165, 1.54) is 25.2 Å².